The molecule has 0 fully saturated rings. The van der Waals surface area contributed by atoms with Gasteiger partial charge in [0.25, 0.3) is 0 Å². The van der Waals surface area contributed by atoms with Crippen LogP contribution in [0.25, 0.3) is 78.3 Å². The number of hydrogen-bond acceptors (Lipinski definition) is 3. The van der Waals surface area contributed by atoms with E-state index in [1.54, 1.807) is 6.07 Å². The highest BCUT2D eigenvalue weighted by atomic mass is 16.3. The van der Waals surface area contributed by atoms with Crippen LogP contribution in [0.2, 0.25) is 0 Å². The van der Waals surface area contributed by atoms with Crippen LogP contribution in [0.3, 0.4) is 0 Å². The first-order valence-corrected chi connectivity index (χ1v) is 21.8. The molecule has 0 aliphatic heterocycles. The molecule has 0 aliphatic rings. The maximum Gasteiger partial charge on any atom is 0.125 e. The van der Waals surface area contributed by atoms with E-state index in [0.717, 1.165) is 72.6 Å². The second-order valence-corrected chi connectivity index (χ2v) is 19.8. The molecule has 0 spiro atoms. The van der Waals surface area contributed by atoms with Crippen molar-refractivity contribution < 1.29 is 5.11 Å². The first-order valence-electron chi connectivity index (χ1n) is 21.8. The third-order valence-electron chi connectivity index (χ3n) is 12.0. The Bertz CT molecular complexity index is 2970. The molecular weight excluding hydrogens is 765 g/mol. The highest BCUT2D eigenvalue weighted by Crippen LogP contribution is 2.41. The smallest absolute Gasteiger partial charge is 0.125 e. The maximum atomic E-state index is 11.7. The Labute approximate surface area is 374 Å². The van der Waals surface area contributed by atoms with Gasteiger partial charge in [0.15, 0.2) is 0 Å². The lowest BCUT2D eigenvalue weighted by molar-refractivity contribution is 0.477. The van der Waals surface area contributed by atoms with E-state index in [-0.39, 0.29) is 22.0 Å². The van der Waals surface area contributed by atoms with E-state index < -0.39 is 0 Å². The lowest BCUT2D eigenvalue weighted by Crippen LogP contribution is -2.16. The molecular formula is C60H56N2O. The average Bonchev–Trinajstić information content (AvgIpc) is 3.28. The van der Waals surface area contributed by atoms with Gasteiger partial charge in [0, 0.05) is 28.5 Å². The lowest BCUT2D eigenvalue weighted by atomic mass is 9.79. The van der Waals surface area contributed by atoms with E-state index in [1.165, 1.54) is 16.7 Å². The van der Waals surface area contributed by atoms with Crippen LogP contribution in [0, 0.1) is 12.3 Å². The molecule has 0 radical (unpaired) electrons. The minimum Gasteiger partial charge on any atom is -0.507 e. The molecule has 312 valence electrons. The van der Waals surface area contributed by atoms with Crippen LogP contribution in [0.5, 0.6) is 5.75 Å². The molecule has 3 nitrogen and oxygen atoms in total. The van der Waals surface area contributed by atoms with E-state index >= 15 is 0 Å². The van der Waals surface area contributed by atoms with E-state index in [2.05, 4.69) is 190 Å². The molecule has 2 heterocycles. The standard InChI is InChI=1S/C60H56N2O/c1-11-39-17-15-16-20-52(39)42-23-21-41(22-24-42)43-25-26-57(63)53(34-43)56-37-46(45-30-50(59(5,6)7)38-51(31-45)60(8,9)10)36-55(62-56)48-29-47(32-49(33-48)58(2,3)4)54-35-44(27-28-61-54)40-18-13-12-14-19-40/h1,12-38,63H,2-10H3. The van der Waals surface area contributed by atoms with Crippen LogP contribution in [-0.4, -0.2) is 15.1 Å². The molecule has 6 aromatic carbocycles. The fourth-order valence-electron chi connectivity index (χ4n) is 8.02. The number of benzene rings is 6. The molecule has 2 aromatic heterocycles. The third-order valence-corrected chi connectivity index (χ3v) is 12.0. The molecule has 0 aliphatic carbocycles. The first kappa shape index (κ1) is 42.7. The van der Waals surface area contributed by atoms with Gasteiger partial charge in [-0.25, -0.2) is 4.98 Å². The number of terminal acetylenes is 1. The van der Waals surface area contributed by atoms with Crippen molar-refractivity contribution in [1.82, 2.24) is 9.97 Å². The van der Waals surface area contributed by atoms with E-state index in [1.807, 2.05) is 36.5 Å². The Morgan fingerprint density at radius 3 is 1.54 bits per heavy atom. The van der Waals surface area contributed by atoms with Crippen molar-refractivity contribution in [2.45, 2.75) is 78.6 Å². The second-order valence-electron chi connectivity index (χ2n) is 19.8. The highest BCUT2D eigenvalue weighted by Gasteiger charge is 2.23. The number of hydrogen-bond donors (Lipinski definition) is 1. The third kappa shape index (κ3) is 9.28. The van der Waals surface area contributed by atoms with Gasteiger partial charge in [0.1, 0.15) is 5.75 Å². The van der Waals surface area contributed by atoms with Crippen molar-refractivity contribution >= 4 is 0 Å². The summed E-state index contributed by atoms with van der Waals surface area (Å²) in [6, 6.07) is 55.0. The number of phenols is 1. The molecule has 0 atom stereocenters. The minimum atomic E-state index is -0.157. The minimum absolute atomic E-state index is 0.0724. The van der Waals surface area contributed by atoms with Crippen LogP contribution in [0.4, 0.5) is 0 Å². The number of phenolic OH excluding ortho intramolecular Hbond substituents is 1. The molecule has 8 rings (SSSR count). The van der Waals surface area contributed by atoms with Crippen LogP contribution >= 0.6 is 0 Å². The molecule has 0 amide bonds. The Kier molecular flexibility index (Phi) is 11.3. The summed E-state index contributed by atoms with van der Waals surface area (Å²) in [6.45, 7) is 20.4. The van der Waals surface area contributed by atoms with E-state index in [0.29, 0.717) is 11.3 Å². The van der Waals surface area contributed by atoms with Gasteiger partial charge in [-0.2, -0.15) is 0 Å². The van der Waals surface area contributed by atoms with Gasteiger partial charge in [0.2, 0.25) is 0 Å². The Hall–Kier alpha value is -7.02. The van der Waals surface area contributed by atoms with E-state index in [9.17, 15) is 5.11 Å². The normalized spacial score (nSPS) is 11.9. The SMILES string of the molecule is C#Cc1ccccc1-c1ccc(-c2ccc(O)c(-c3cc(-c4cc(C(C)(C)C)cc(C(C)(C)C)c4)cc(-c4cc(-c5cc(-c6ccccc6)ccn5)cc(C(C)(C)C)c4)n3)c2)cc1. The zero-order chi connectivity index (χ0) is 44.7. The number of rotatable bonds is 7. The largest absolute Gasteiger partial charge is 0.507 e. The van der Waals surface area contributed by atoms with Crippen molar-refractivity contribution in [3.8, 4) is 96.4 Å². The van der Waals surface area contributed by atoms with Crippen molar-refractivity contribution in [1.29, 1.82) is 0 Å². The van der Waals surface area contributed by atoms with Crippen molar-refractivity contribution in [3.63, 3.8) is 0 Å². The number of nitrogens with zero attached hydrogens (tertiary/aromatic N) is 2. The van der Waals surface area contributed by atoms with Crippen LogP contribution < -0.4 is 0 Å². The Morgan fingerprint density at radius 2 is 0.889 bits per heavy atom. The van der Waals surface area contributed by atoms with Gasteiger partial charge in [-0.05, 0) is 138 Å². The van der Waals surface area contributed by atoms with Gasteiger partial charge >= 0.3 is 0 Å². The van der Waals surface area contributed by atoms with Crippen molar-refractivity contribution in [3.05, 3.63) is 186 Å². The van der Waals surface area contributed by atoms with Gasteiger partial charge in [0.05, 0.1) is 17.1 Å². The molecule has 0 unspecified atom stereocenters. The van der Waals surface area contributed by atoms with Gasteiger partial charge in [-0.1, -0.05) is 165 Å². The summed E-state index contributed by atoms with van der Waals surface area (Å²) in [5.41, 5.74) is 17.8. The summed E-state index contributed by atoms with van der Waals surface area (Å²) in [5.74, 6) is 2.98. The lowest BCUT2D eigenvalue weighted by Gasteiger charge is -2.26. The second kappa shape index (κ2) is 16.7. The highest BCUT2D eigenvalue weighted by molar-refractivity contribution is 5.84. The van der Waals surface area contributed by atoms with Crippen LogP contribution in [0.1, 0.15) is 84.6 Å². The molecule has 63 heavy (non-hydrogen) atoms. The number of aromatic nitrogens is 2. The predicted molar refractivity (Wildman–Crippen MR) is 266 cm³/mol. The summed E-state index contributed by atoms with van der Waals surface area (Å²) in [6.07, 6.45) is 7.74. The van der Waals surface area contributed by atoms with Crippen molar-refractivity contribution in [2.24, 2.45) is 0 Å². The zero-order valence-electron chi connectivity index (χ0n) is 38.0. The van der Waals surface area contributed by atoms with Gasteiger partial charge in [-0.3, -0.25) is 4.98 Å². The summed E-state index contributed by atoms with van der Waals surface area (Å²) in [7, 11) is 0. The topological polar surface area (TPSA) is 46.0 Å². The monoisotopic (exact) mass is 820 g/mol. The van der Waals surface area contributed by atoms with Gasteiger partial charge in [-0.15, -0.1) is 6.42 Å². The number of aromatic hydroxyl groups is 1. The predicted octanol–water partition coefficient (Wildman–Crippen LogP) is 15.7. The van der Waals surface area contributed by atoms with E-state index in [4.69, 9.17) is 16.4 Å². The summed E-state index contributed by atoms with van der Waals surface area (Å²) in [5, 5.41) is 11.7. The average molecular weight is 821 g/mol. The summed E-state index contributed by atoms with van der Waals surface area (Å²) >= 11 is 0. The summed E-state index contributed by atoms with van der Waals surface area (Å²) < 4.78 is 0. The van der Waals surface area contributed by atoms with Crippen LogP contribution in [0.15, 0.2) is 164 Å². The van der Waals surface area contributed by atoms with Crippen LogP contribution in [-0.2, 0) is 16.2 Å². The fourth-order valence-corrected chi connectivity index (χ4v) is 8.02. The zero-order valence-corrected chi connectivity index (χ0v) is 38.0. The van der Waals surface area contributed by atoms with Gasteiger partial charge < -0.3 is 5.11 Å². The molecule has 8 aromatic rings. The maximum absolute atomic E-state index is 11.7. The number of pyridine rings is 2. The molecule has 1 N–H and O–H groups in total. The Morgan fingerprint density at radius 1 is 0.397 bits per heavy atom. The quantitative estimate of drug-likeness (QED) is 0.163. The first-order chi connectivity index (χ1) is 29.9. The molecule has 0 bridgehead atoms. The molecule has 0 saturated carbocycles. The molecule has 3 heteroatoms. The molecule has 0 saturated heterocycles. The fraction of sp³-hybridized carbons (Fsp3) is 0.200. The Balaban J connectivity index is 1.33. The summed E-state index contributed by atoms with van der Waals surface area (Å²) in [4.78, 5) is 10.3. The van der Waals surface area contributed by atoms with Crippen molar-refractivity contribution in [2.75, 3.05) is 0 Å².